The van der Waals surface area contributed by atoms with Crippen molar-refractivity contribution in [2.45, 2.75) is 38.3 Å². The fraction of sp³-hybridized carbons (Fsp3) is 0.923. The fourth-order valence-corrected chi connectivity index (χ4v) is 2.23. The minimum Gasteiger partial charge on any atom is -0.385 e. The van der Waals surface area contributed by atoms with E-state index in [1.54, 1.807) is 7.11 Å². The second kappa shape index (κ2) is 6.50. The summed E-state index contributed by atoms with van der Waals surface area (Å²) in [5, 5.41) is 0. The summed E-state index contributed by atoms with van der Waals surface area (Å²) < 4.78 is 4.98. The third-order valence-electron chi connectivity index (χ3n) is 3.81. The number of likely N-dealkylation sites (N-methyl/N-ethyl adjacent to an activating group) is 1. The van der Waals surface area contributed by atoms with E-state index in [0.717, 1.165) is 26.1 Å². The molecule has 1 aliphatic heterocycles. The molecule has 5 nitrogen and oxygen atoms in total. The number of carbonyl (C=O) groups is 1. The van der Waals surface area contributed by atoms with Crippen molar-refractivity contribution in [2.75, 3.05) is 40.4 Å². The van der Waals surface area contributed by atoms with E-state index >= 15 is 0 Å². The maximum Gasteiger partial charge on any atom is 0.239 e. The summed E-state index contributed by atoms with van der Waals surface area (Å²) in [5.41, 5.74) is 5.98. The number of nitrogens with two attached hydrogens (primary N) is 1. The van der Waals surface area contributed by atoms with E-state index < -0.39 is 0 Å². The first kappa shape index (κ1) is 15.4. The zero-order valence-electron chi connectivity index (χ0n) is 12.1. The van der Waals surface area contributed by atoms with E-state index in [2.05, 4.69) is 25.8 Å². The van der Waals surface area contributed by atoms with E-state index in [4.69, 9.17) is 10.5 Å². The van der Waals surface area contributed by atoms with Gasteiger partial charge in [-0.2, -0.15) is 0 Å². The van der Waals surface area contributed by atoms with Crippen LogP contribution in [0.4, 0.5) is 0 Å². The summed E-state index contributed by atoms with van der Waals surface area (Å²) in [6.45, 7) is 7.40. The molecule has 0 radical (unpaired) electrons. The molecule has 5 heteroatoms. The second-order valence-electron chi connectivity index (χ2n) is 5.74. The van der Waals surface area contributed by atoms with Crippen molar-refractivity contribution >= 4 is 5.91 Å². The molecule has 18 heavy (non-hydrogen) atoms. The lowest BCUT2D eigenvalue weighted by Gasteiger charge is -2.45. The minimum absolute atomic E-state index is 0.0279. The monoisotopic (exact) mass is 257 g/mol. The van der Waals surface area contributed by atoms with Gasteiger partial charge in [0.25, 0.3) is 0 Å². The van der Waals surface area contributed by atoms with Crippen LogP contribution in [0.2, 0.25) is 0 Å². The van der Waals surface area contributed by atoms with Gasteiger partial charge in [0.05, 0.1) is 6.04 Å². The Morgan fingerprint density at radius 1 is 1.44 bits per heavy atom. The number of ether oxygens (including phenoxy) is 1. The maximum atomic E-state index is 12.2. The van der Waals surface area contributed by atoms with E-state index in [1.165, 1.54) is 0 Å². The van der Waals surface area contributed by atoms with Gasteiger partial charge in [0.1, 0.15) is 0 Å². The molecule has 1 atom stereocenters. The first-order valence-corrected chi connectivity index (χ1v) is 6.63. The highest BCUT2D eigenvalue weighted by Crippen LogP contribution is 2.19. The van der Waals surface area contributed by atoms with Gasteiger partial charge >= 0.3 is 0 Å². The van der Waals surface area contributed by atoms with E-state index in [0.29, 0.717) is 13.0 Å². The molecule has 1 heterocycles. The number of carbonyl (C=O) groups excluding carboxylic acids is 1. The quantitative estimate of drug-likeness (QED) is 0.719. The molecule has 0 aromatic carbocycles. The number of amides is 1. The van der Waals surface area contributed by atoms with Crippen molar-refractivity contribution in [3.63, 3.8) is 0 Å². The van der Waals surface area contributed by atoms with Crippen LogP contribution in [0.3, 0.4) is 0 Å². The molecular formula is C13H27N3O2. The van der Waals surface area contributed by atoms with Gasteiger partial charge in [-0.1, -0.05) is 0 Å². The summed E-state index contributed by atoms with van der Waals surface area (Å²) in [7, 11) is 3.76. The number of methoxy groups -OCH3 is 1. The molecule has 1 aliphatic rings. The molecule has 0 aliphatic carbocycles. The van der Waals surface area contributed by atoms with Crippen LogP contribution in [-0.2, 0) is 9.53 Å². The highest BCUT2D eigenvalue weighted by molar-refractivity contribution is 5.81. The van der Waals surface area contributed by atoms with Crippen LogP contribution in [0.1, 0.15) is 26.7 Å². The predicted molar refractivity (Wildman–Crippen MR) is 72.4 cm³/mol. The van der Waals surface area contributed by atoms with Gasteiger partial charge in [0.2, 0.25) is 5.91 Å². The highest BCUT2D eigenvalue weighted by atomic mass is 16.5. The normalized spacial score (nSPS) is 21.9. The van der Waals surface area contributed by atoms with E-state index in [9.17, 15) is 4.79 Å². The number of hydrogen-bond donors (Lipinski definition) is 1. The van der Waals surface area contributed by atoms with Gasteiger partial charge in [-0.05, 0) is 33.7 Å². The molecular weight excluding hydrogens is 230 g/mol. The third kappa shape index (κ3) is 3.93. The summed E-state index contributed by atoms with van der Waals surface area (Å²) in [5.74, 6) is 0.0762. The lowest BCUT2D eigenvalue weighted by atomic mass is 9.98. The van der Waals surface area contributed by atoms with Crippen LogP contribution in [0.25, 0.3) is 0 Å². The first-order chi connectivity index (χ1) is 8.38. The van der Waals surface area contributed by atoms with Crippen LogP contribution in [0.5, 0.6) is 0 Å². The van der Waals surface area contributed by atoms with E-state index in [1.807, 2.05) is 4.90 Å². The van der Waals surface area contributed by atoms with Crippen molar-refractivity contribution in [2.24, 2.45) is 5.73 Å². The molecule has 0 spiro atoms. The molecule has 1 amide bonds. The summed E-state index contributed by atoms with van der Waals surface area (Å²) in [6, 6.07) is -0.389. The predicted octanol–water partition coefficient (Wildman–Crippen LogP) is 0.293. The molecule has 0 aromatic heterocycles. The third-order valence-corrected chi connectivity index (χ3v) is 3.81. The second-order valence-corrected chi connectivity index (χ2v) is 5.74. The number of piperazine rings is 1. The summed E-state index contributed by atoms with van der Waals surface area (Å²) in [6.07, 6.45) is 1.53. The molecule has 1 saturated heterocycles. The van der Waals surface area contributed by atoms with Crippen molar-refractivity contribution < 1.29 is 9.53 Å². The fourth-order valence-electron chi connectivity index (χ4n) is 2.23. The Bertz CT molecular complexity index is 281. The SMILES string of the molecule is COCCCC(N)C(=O)N1CCN(C)C(C)(C)C1. The van der Waals surface area contributed by atoms with Crippen molar-refractivity contribution in [1.82, 2.24) is 9.80 Å². The molecule has 0 saturated carbocycles. The minimum atomic E-state index is -0.389. The molecule has 1 fully saturated rings. The Kier molecular flexibility index (Phi) is 5.56. The number of hydrogen-bond acceptors (Lipinski definition) is 4. The largest absolute Gasteiger partial charge is 0.385 e. The Labute approximate surface area is 110 Å². The average Bonchev–Trinajstić information content (AvgIpc) is 2.32. The molecule has 1 rings (SSSR count). The summed E-state index contributed by atoms with van der Waals surface area (Å²) >= 11 is 0. The maximum absolute atomic E-state index is 12.2. The first-order valence-electron chi connectivity index (χ1n) is 6.63. The smallest absolute Gasteiger partial charge is 0.239 e. The Balaban J connectivity index is 2.46. The van der Waals surface area contributed by atoms with Gasteiger partial charge in [0, 0.05) is 38.9 Å². The Morgan fingerprint density at radius 3 is 2.67 bits per heavy atom. The zero-order valence-corrected chi connectivity index (χ0v) is 12.1. The molecule has 0 bridgehead atoms. The van der Waals surface area contributed by atoms with Crippen LogP contribution in [0, 0.1) is 0 Å². The standard InChI is InChI=1S/C13H27N3O2/c1-13(2)10-16(8-7-15(13)3)12(17)11(14)6-5-9-18-4/h11H,5-10,14H2,1-4H3. The molecule has 2 N–H and O–H groups in total. The van der Waals surface area contributed by atoms with Crippen molar-refractivity contribution in [3.05, 3.63) is 0 Å². The lowest BCUT2D eigenvalue weighted by molar-refractivity contribution is -0.137. The van der Waals surface area contributed by atoms with Crippen LogP contribution < -0.4 is 5.73 Å². The summed E-state index contributed by atoms with van der Waals surface area (Å²) in [4.78, 5) is 16.4. The van der Waals surface area contributed by atoms with Crippen LogP contribution >= 0.6 is 0 Å². The van der Waals surface area contributed by atoms with Crippen LogP contribution in [0.15, 0.2) is 0 Å². The van der Waals surface area contributed by atoms with Crippen molar-refractivity contribution in [1.29, 1.82) is 0 Å². The number of nitrogens with zero attached hydrogens (tertiary/aromatic N) is 2. The average molecular weight is 257 g/mol. The molecule has 0 aromatic rings. The Morgan fingerprint density at radius 2 is 2.11 bits per heavy atom. The molecule has 106 valence electrons. The topological polar surface area (TPSA) is 58.8 Å². The van der Waals surface area contributed by atoms with Gasteiger partial charge in [-0.3, -0.25) is 9.69 Å². The van der Waals surface area contributed by atoms with Crippen LogP contribution in [-0.4, -0.2) is 67.7 Å². The van der Waals surface area contributed by atoms with E-state index in [-0.39, 0.29) is 17.5 Å². The van der Waals surface area contributed by atoms with Gasteiger partial charge < -0.3 is 15.4 Å². The van der Waals surface area contributed by atoms with Gasteiger partial charge in [-0.25, -0.2) is 0 Å². The zero-order chi connectivity index (χ0) is 13.8. The van der Waals surface area contributed by atoms with Gasteiger partial charge in [0.15, 0.2) is 0 Å². The number of rotatable bonds is 5. The van der Waals surface area contributed by atoms with Crippen molar-refractivity contribution in [3.8, 4) is 0 Å². The lowest BCUT2D eigenvalue weighted by Crippen LogP contribution is -2.61. The van der Waals surface area contributed by atoms with Gasteiger partial charge in [-0.15, -0.1) is 0 Å². The molecule has 1 unspecified atom stereocenters. The highest BCUT2D eigenvalue weighted by Gasteiger charge is 2.34. The Hall–Kier alpha value is -0.650.